The van der Waals surface area contributed by atoms with Crippen molar-refractivity contribution in [2.24, 2.45) is 0 Å². The highest BCUT2D eigenvalue weighted by atomic mass is 19.4. The molecule has 0 aliphatic carbocycles. The Balaban J connectivity index is 2.26. The number of morpholine rings is 1. The van der Waals surface area contributed by atoms with Crippen LogP contribution in [0.15, 0.2) is 16.5 Å². The second-order valence-corrected chi connectivity index (χ2v) is 5.46. The normalized spacial score (nSPS) is 22.5. The van der Waals surface area contributed by atoms with Crippen molar-refractivity contribution in [1.29, 1.82) is 0 Å². The Kier molecular flexibility index (Phi) is 4.53. The van der Waals surface area contributed by atoms with E-state index in [1.807, 2.05) is 0 Å². The zero-order chi connectivity index (χ0) is 16.5. The first-order valence-corrected chi connectivity index (χ1v) is 6.88. The summed E-state index contributed by atoms with van der Waals surface area (Å²) in [5.41, 5.74) is -3.34. The molecule has 1 N–H and O–H groups in total. The van der Waals surface area contributed by atoms with Gasteiger partial charge in [-0.25, -0.2) is 0 Å². The molecule has 1 amide bonds. The molecule has 1 aromatic rings. The number of hydrogen-bond acceptors (Lipinski definition) is 4. The van der Waals surface area contributed by atoms with Crippen molar-refractivity contribution in [3.05, 3.63) is 23.7 Å². The Morgan fingerprint density at radius 1 is 1.45 bits per heavy atom. The molecule has 1 aliphatic rings. The van der Waals surface area contributed by atoms with E-state index in [1.54, 1.807) is 6.92 Å². The number of amides is 1. The van der Waals surface area contributed by atoms with Crippen LogP contribution < -0.4 is 0 Å². The number of alkyl halides is 3. The van der Waals surface area contributed by atoms with Crippen LogP contribution in [0.2, 0.25) is 0 Å². The Morgan fingerprint density at radius 3 is 2.64 bits per heavy atom. The van der Waals surface area contributed by atoms with Crippen LogP contribution in [0.5, 0.6) is 0 Å². The van der Waals surface area contributed by atoms with Gasteiger partial charge in [0.15, 0.2) is 0 Å². The summed E-state index contributed by atoms with van der Waals surface area (Å²) in [5.74, 6) is -1.23. The van der Waals surface area contributed by atoms with E-state index in [2.05, 4.69) is 0 Å². The Hall–Kier alpha value is -1.54. The summed E-state index contributed by atoms with van der Waals surface area (Å²) >= 11 is 0. The topological polar surface area (TPSA) is 62.9 Å². The second kappa shape index (κ2) is 5.92. The van der Waals surface area contributed by atoms with E-state index in [4.69, 9.17) is 9.15 Å². The van der Waals surface area contributed by atoms with Gasteiger partial charge in [0.05, 0.1) is 25.7 Å². The van der Waals surface area contributed by atoms with Crippen molar-refractivity contribution in [3.63, 3.8) is 0 Å². The Labute approximate surface area is 125 Å². The third kappa shape index (κ3) is 3.12. The minimum absolute atomic E-state index is 0.200. The lowest BCUT2D eigenvalue weighted by Gasteiger charge is -2.36. The zero-order valence-electron chi connectivity index (χ0n) is 12.3. The SMILES string of the molecule is Cc1ccc(C(O)(CC(=O)N2CCOCC2C)C(F)(F)F)o1. The molecule has 0 radical (unpaired) electrons. The number of hydrogen-bond donors (Lipinski definition) is 1. The fraction of sp³-hybridized carbons (Fsp3) is 0.643. The fourth-order valence-corrected chi connectivity index (χ4v) is 2.40. The number of nitrogens with zero attached hydrogens (tertiary/aromatic N) is 1. The first-order chi connectivity index (χ1) is 10.1. The number of halogens is 3. The summed E-state index contributed by atoms with van der Waals surface area (Å²) < 4.78 is 50.0. The average Bonchev–Trinajstić information content (AvgIpc) is 2.85. The van der Waals surface area contributed by atoms with Crippen LogP contribution in [-0.4, -0.2) is 47.9 Å². The molecule has 2 rings (SSSR count). The van der Waals surface area contributed by atoms with Crippen molar-refractivity contribution in [2.75, 3.05) is 19.8 Å². The summed E-state index contributed by atoms with van der Waals surface area (Å²) in [4.78, 5) is 13.5. The average molecular weight is 321 g/mol. The van der Waals surface area contributed by atoms with Gasteiger partial charge in [0, 0.05) is 6.54 Å². The summed E-state index contributed by atoms with van der Waals surface area (Å²) in [7, 11) is 0. The maximum Gasteiger partial charge on any atom is 0.425 e. The highest BCUT2D eigenvalue weighted by Crippen LogP contribution is 2.42. The predicted molar refractivity (Wildman–Crippen MR) is 70.0 cm³/mol. The molecular formula is C14H18F3NO4. The number of rotatable bonds is 3. The van der Waals surface area contributed by atoms with Crippen molar-refractivity contribution in [2.45, 2.75) is 38.1 Å². The molecular weight excluding hydrogens is 303 g/mol. The first kappa shape index (κ1) is 16.8. The molecule has 1 aromatic heterocycles. The molecule has 2 unspecified atom stereocenters. The van der Waals surface area contributed by atoms with E-state index in [0.29, 0.717) is 0 Å². The zero-order valence-corrected chi connectivity index (χ0v) is 12.3. The van der Waals surface area contributed by atoms with E-state index in [1.165, 1.54) is 17.9 Å². The quantitative estimate of drug-likeness (QED) is 0.925. The molecule has 5 nitrogen and oxygen atoms in total. The van der Waals surface area contributed by atoms with Gasteiger partial charge in [-0.3, -0.25) is 4.79 Å². The fourth-order valence-electron chi connectivity index (χ4n) is 2.40. The van der Waals surface area contributed by atoms with Crippen molar-refractivity contribution in [1.82, 2.24) is 4.90 Å². The van der Waals surface area contributed by atoms with Gasteiger partial charge in [0.1, 0.15) is 11.5 Å². The van der Waals surface area contributed by atoms with Gasteiger partial charge in [-0.1, -0.05) is 0 Å². The monoisotopic (exact) mass is 321 g/mol. The minimum atomic E-state index is -5.03. The molecule has 0 saturated carbocycles. The van der Waals surface area contributed by atoms with Crippen LogP contribution >= 0.6 is 0 Å². The van der Waals surface area contributed by atoms with E-state index >= 15 is 0 Å². The van der Waals surface area contributed by atoms with Crippen LogP contribution in [0.4, 0.5) is 13.2 Å². The van der Waals surface area contributed by atoms with Crippen molar-refractivity contribution in [3.8, 4) is 0 Å². The summed E-state index contributed by atoms with van der Waals surface area (Å²) in [6, 6.07) is 2.02. The maximum atomic E-state index is 13.3. The first-order valence-electron chi connectivity index (χ1n) is 6.88. The maximum absolute atomic E-state index is 13.3. The van der Waals surface area contributed by atoms with Crippen LogP contribution in [0.3, 0.4) is 0 Å². The van der Waals surface area contributed by atoms with Gasteiger partial charge < -0.3 is 19.2 Å². The highest BCUT2D eigenvalue weighted by molar-refractivity contribution is 5.78. The van der Waals surface area contributed by atoms with Crippen LogP contribution in [-0.2, 0) is 15.1 Å². The Morgan fingerprint density at radius 2 is 2.14 bits per heavy atom. The lowest BCUT2D eigenvalue weighted by Crippen LogP contribution is -2.52. The van der Waals surface area contributed by atoms with Gasteiger partial charge in [-0.05, 0) is 26.0 Å². The number of aliphatic hydroxyl groups is 1. The lowest BCUT2D eigenvalue weighted by atomic mass is 9.94. The van der Waals surface area contributed by atoms with Crippen LogP contribution in [0.25, 0.3) is 0 Å². The molecule has 8 heteroatoms. The van der Waals surface area contributed by atoms with Crippen molar-refractivity contribution < 1.29 is 32.2 Å². The molecule has 0 bridgehead atoms. The number of carbonyl (C=O) groups is 1. The van der Waals surface area contributed by atoms with Gasteiger partial charge in [0.2, 0.25) is 11.5 Å². The van der Waals surface area contributed by atoms with Gasteiger partial charge >= 0.3 is 6.18 Å². The summed E-state index contributed by atoms with van der Waals surface area (Å²) in [6.07, 6.45) is -6.14. The number of aryl methyl sites for hydroxylation is 1. The third-order valence-corrected chi connectivity index (χ3v) is 3.71. The number of carbonyl (C=O) groups excluding carboxylic acids is 1. The standard InChI is InChI=1S/C14H18F3NO4/c1-9-8-21-6-5-18(9)12(19)7-13(20,14(15,16)17)11-4-3-10(2)22-11/h3-4,9,20H,5-8H2,1-2H3. The number of furan rings is 1. The molecule has 0 aromatic carbocycles. The molecule has 1 aliphatic heterocycles. The Bertz CT molecular complexity index is 542. The van der Waals surface area contributed by atoms with E-state index in [-0.39, 0.29) is 31.6 Å². The van der Waals surface area contributed by atoms with Crippen LogP contribution in [0, 0.1) is 6.92 Å². The minimum Gasteiger partial charge on any atom is -0.463 e. The lowest BCUT2D eigenvalue weighted by molar-refractivity contribution is -0.274. The third-order valence-electron chi connectivity index (χ3n) is 3.71. The van der Waals surface area contributed by atoms with Crippen LogP contribution in [0.1, 0.15) is 24.9 Å². The summed E-state index contributed by atoms with van der Waals surface area (Å²) in [6.45, 7) is 3.87. The largest absolute Gasteiger partial charge is 0.463 e. The molecule has 22 heavy (non-hydrogen) atoms. The predicted octanol–water partition coefficient (Wildman–Crippen LogP) is 1.98. The molecule has 1 saturated heterocycles. The van der Waals surface area contributed by atoms with E-state index < -0.39 is 29.9 Å². The molecule has 2 heterocycles. The summed E-state index contributed by atoms with van der Waals surface area (Å²) in [5, 5.41) is 10.1. The van der Waals surface area contributed by atoms with E-state index in [9.17, 15) is 23.1 Å². The van der Waals surface area contributed by atoms with E-state index in [0.717, 1.165) is 6.07 Å². The molecule has 2 atom stereocenters. The van der Waals surface area contributed by atoms with Gasteiger partial charge in [-0.2, -0.15) is 13.2 Å². The smallest absolute Gasteiger partial charge is 0.425 e. The molecule has 124 valence electrons. The molecule has 0 spiro atoms. The van der Waals surface area contributed by atoms with Gasteiger partial charge in [0.25, 0.3) is 0 Å². The molecule has 1 fully saturated rings. The van der Waals surface area contributed by atoms with Crippen molar-refractivity contribution >= 4 is 5.91 Å². The number of ether oxygens (including phenoxy) is 1. The highest BCUT2D eigenvalue weighted by Gasteiger charge is 2.58. The van der Waals surface area contributed by atoms with Gasteiger partial charge in [-0.15, -0.1) is 0 Å². The second-order valence-electron chi connectivity index (χ2n) is 5.46.